The molecule has 1 aliphatic heterocycles. The smallest absolute Gasteiger partial charge is 0.158 e. The number of hydrogen-bond acceptors (Lipinski definition) is 6. The molecule has 6 nitrogen and oxygen atoms in total. The summed E-state index contributed by atoms with van der Waals surface area (Å²) in [7, 11) is 0. The second-order valence-electron chi connectivity index (χ2n) is 5.03. The van der Waals surface area contributed by atoms with Gasteiger partial charge in [-0.05, 0) is 26.7 Å². The van der Waals surface area contributed by atoms with Crippen molar-refractivity contribution in [3.8, 4) is 0 Å². The summed E-state index contributed by atoms with van der Waals surface area (Å²) in [5.41, 5.74) is 5.81. The molecule has 1 fully saturated rings. The van der Waals surface area contributed by atoms with Crippen LogP contribution in [0.25, 0.3) is 0 Å². The molecule has 106 valence electrons. The van der Waals surface area contributed by atoms with Crippen LogP contribution in [-0.4, -0.2) is 35.3 Å². The molecule has 1 saturated heterocycles. The first-order valence-electron chi connectivity index (χ1n) is 6.68. The summed E-state index contributed by atoms with van der Waals surface area (Å²) in [4.78, 5) is 8.61. The van der Waals surface area contributed by atoms with E-state index in [1.54, 1.807) is 6.07 Å². The van der Waals surface area contributed by atoms with E-state index < -0.39 is 0 Å². The van der Waals surface area contributed by atoms with Gasteiger partial charge in [-0.3, -0.25) is 0 Å². The quantitative estimate of drug-likeness (QED) is 0.842. The van der Waals surface area contributed by atoms with Gasteiger partial charge < -0.3 is 20.5 Å². The van der Waals surface area contributed by atoms with Gasteiger partial charge in [0, 0.05) is 31.4 Å². The van der Waals surface area contributed by atoms with Gasteiger partial charge in [-0.1, -0.05) is 0 Å². The van der Waals surface area contributed by atoms with Crippen LogP contribution in [0, 0.1) is 0 Å². The molecule has 0 spiro atoms. The van der Waals surface area contributed by atoms with Gasteiger partial charge in [-0.25, -0.2) is 9.97 Å². The zero-order chi connectivity index (χ0) is 13.7. The van der Waals surface area contributed by atoms with Gasteiger partial charge in [0.1, 0.15) is 18.2 Å². The Kier molecular flexibility index (Phi) is 4.55. The van der Waals surface area contributed by atoms with Gasteiger partial charge in [0.25, 0.3) is 0 Å². The SMILES string of the molecule is CCOCc1nc(N)cc(NC2(C)CCOCC2)n1. The maximum absolute atomic E-state index is 5.81. The molecular weight excluding hydrogens is 244 g/mol. The minimum atomic E-state index is 0.00191. The molecule has 0 aromatic carbocycles. The first kappa shape index (κ1) is 14.0. The fraction of sp³-hybridized carbons (Fsp3) is 0.692. The Bertz CT molecular complexity index is 419. The van der Waals surface area contributed by atoms with Crippen molar-refractivity contribution in [3.63, 3.8) is 0 Å². The van der Waals surface area contributed by atoms with E-state index >= 15 is 0 Å². The number of nitrogens with two attached hydrogens (primary N) is 1. The van der Waals surface area contributed by atoms with Gasteiger partial charge in [-0.2, -0.15) is 0 Å². The minimum Gasteiger partial charge on any atom is -0.384 e. The number of hydrogen-bond donors (Lipinski definition) is 2. The summed E-state index contributed by atoms with van der Waals surface area (Å²) >= 11 is 0. The Morgan fingerprint density at radius 3 is 2.84 bits per heavy atom. The van der Waals surface area contributed by atoms with Crippen molar-refractivity contribution in [3.05, 3.63) is 11.9 Å². The van der Waals surface area contributed by atoms with E-state index in [4.69, 9.17) is 15.2 Å². The number of ether oxygens (including phenoxy) is 2. The van der Waals surface area contributed by atoms with Crippen LogP contribution in [0.5, 0.6) is 0 Å². The Morgan fingerprint density at radius 2 is 2.16 bits per heavy atom. The molecule has 3 N–H and O–H groups in total. The van der Waals surface area contributed by atoms with E-state index in [2.05, 4.69) is 22.2 Å². The summed E-state index contributed by atoms with van der Waals surface area (Å²) in [5, 5.41) is 3.45. The fourth-order valence-corrected chi connectivity index (χ4v) is 2.10. The molecule has 0 atom stereocenters. The first-order chi connectivity index (χ1) is 9.11. The molecular formula is C13H22N4O2. The monoisotopic (exact) mass is 266 g/mol. The van der Waals surface area contributed by atoms with Gasteiger partial charge in [0.15, 0.2) is 5.82 Å². The molecule has 2 rings (SSSR count). The lowest BCUT2D eigenvalue weighted by Crippen LogP contribution is -2.41. The highest BCUT2D eigenvalue weighted by molar-refractivity contribution is 5.46. The van der Waals surface area contributed by atoms with Crippen molar-refractivity contribution in [1.82, 2.24) is 9.97 Å². The minimum absolute atomic E-state index is 0.00191. The van der Waals surface area contributed by atoms with Crippen LogP contribution in [-0.2, 0) is 16.1 Å². The van der Waals surface area contributed by atoms with E-state index in [1.165, 1.54) is 0 Å². The van der Waals surface area contributed by atoms with Crippen LogP contribution in [0.1, 0.15) is 32.5 Å². The van der Waals surface area contributed by atoms with E-state index in [9.17, 15) is 0 Å². The Balaban J connectivity index is 2.08. The molecule has 6 heteroatoms. The van der Waals surface area contributed by atoms with Gasteiger partial charge >= 0.3 is 0 Å². The van der Waals surface area contributed by atoms with E-state index in [0.717, 1.165) is 31.9 Å². The lowest BCUT2D eigenvalue weighted by Gasteiger charge is -2.35. The average molecular weight is 266 g/mol. The average Bonchev–Trinajstić information content (AvgIpc) is 2.36. The Morgan fingerprint density at radius 1 is 1.42 bits per heavy atom. The van der Waals surface area contributed by atoms with Crippen molar-refractivity contribution < 1.29 is 9.47 Å². The topological polar surface area (TPSA) is 82.3 Å². The third-order valence-electron chi connectivity index (χ3n) is 3.25. The molecule has 0 saturated carbocycles. The number of anilines is 2. The van der Waals surface area contributed by atoms with Gasteiger partial charge in [0.05, 0.1) is 0 Å². The Hall–Kier alpha value is -1.40. The van der Waals surface area contributed by atoms with E-state index in [-0.39, 0.29) is 5.54 Å². The second-order valence-corrected chi connectivity index (χ2v) is 5.03. The molecule has 1 aliphatic rings. The zero-order valence-electron chi connectivity index (χ0n) is 11.6. The maximum atomic E-state index is 5.81. The predicted octanol–water partition coefficient (Wildman–Crippen LogP) is 1.58. The maximum Gasteiger partial charge on any atom is 0.158 e. The second kappa shape index (κ2) is 6.16. The summed E-state index contributed by atoms with van der Waals surface area (Å²) in [5.74, 6) is 1.83. The molecule has 1 aromatic rings. The standard InChI is InChI=1S/C13H22N4O2/c1-3-18-9-12-15-10(14)8-11(16-12)17-13(2)4-6-19-7-5-13/h8H,3-7,9H2,1-2H3,(H3,14,15,16,17). The lowest BCUT2D eigenvalue weighted by molar-refractivity contribution is 0.0657. The third kappa shape index (κ3) is 4.04. The van der Waals surface area contributed by atoms with Crippen LogP contribution in [0.2, 0.25) is 0 Å². The first-order valence-corrected chi connectivity index (χ1v) is 6.68. The lowest BCUT2D eigenvalue weighted by atomic mass is 9.92. The molecule has 0 bridgehead atoms. The molecule has 0 amide bonds. The van der Waals surface area contributed by atoms with Gasteiger partial charge in [-0.15, -0.1) is 0 Å². The highest BCUT2D eigenvalue weighted by atomic mass is 16.5. The Labute approximate surface area is 113 Å². The fourth-order valence-electron chi connectivity index (χ4n) is 2.10. The predicted molar refractivity (Wildman–Crippen MR) is 73.9 cm³/mol. The van der Waals surface area contributed by atoms with Crippen molar-refractivity contribution in [1.29, 1.82) is 0 Å². The molecule has 0 unspecified atom stereocenters. The van der Waals surface area contributed by atoms with Crippen molar-refractivity contribution in [2.45, 2.75) is 38.8 Å². The van der Waals surface area contributed by atoms with Crippen LogP contribution in [0.3, 0.4) is 0 Å². The molecule has 0 aliphatic carbocycles. The van der Waals surface area contributed by atoms with Crippen molar-refractivity contribution in [2.24, 2.45) is 0 Å². The summed E-state index contributed by atoms with van der Waals surface area (Å²) in [6, 6.07) is 1.76. The van der Waals surface area contributed by atoms with E-state index in [0.29, 0.717) is 24.9 Å². The molecule has 1 aromatic heterocycles. The van der Waals surface area contributed by atoms with Crippen LogP contribution >= 0.6 is 0 Å². The number of aromatic nitrogens is 2. The number of nitrogen functional groups attached to an aromatic ring is 1. The summed E-state index contributed by atoms with van der Waals surface area (Å²) in [6.45, 7) is 6.68. The van der Waals surface area contributed by atoms with E-state index in [1.807, 2.05) is 6.92 Å². The molecule has 0 radical (unpaired) electrons. The van der Waals surface area contributed by atoms with Crippen molar-refractivity contribution >= 4 is 11.6 Å². The summed E-state index contributed by atoms with van der Waals surface area (Å²) in [6.07, 6.45) is 1.91. The van der Waals surface area contributed by atoms with Crippen LogP contribution in [0.15, 0.2) is 6.07 Å². The normalized spacial score (nSPS) is 18.2. The number of nitrogens with zero attached hydrogens (tertiary/aromatic N) is 2. The molecule has 2 heterocycles. The third-order valence-corrected chi connectivity index (χ3v) is 3.25. The van der Waals surface area contributed by atoms with Gasteiger partial charge in [0.2, 0.25) is 0 Å². The highest BCUT2D eigenvalue weighted by Crippen LogP contribution is 2.25. The summed E-state index contributed by atoms with van der Waals surface area (Å²) < 4.78 is 10.7. The zero-order valence-corrected chi connectivity index (χ0v) is 11.6. The highest BCUT2D eigenvalue weighted by Gasteiger charge is 2.27. The molecule has 19 heavy (non-hydrogen) atoms. The number of nitrogens with one attached hydrogen (secondary N) is 1. The number of rotatable bonds is 5. The largest absolute Gasteiger partial charge is 0.384 e. The van der Waals surface area contributed by atoms with Crippen LogP contribution < -0.4 is 11.1 Å². The van der Waals surface area contributed by atoms with Crippen molar-refractivity contribution in [2.75, 3.05) is 30.9 Å². The van der Waals surface area contributed by atoms with Crippen LogP contribution in [0.4, 0.5) is 11.6 Å².